The maximum Gasteiger partial charge on any atom is 0.224 e. The molecule has 0 unspecified atom stereocenters. The van der Waals surface area contributed by atoms with E-state index in [0.29, 0.717) is 0 Å². The molecule has 1 saturated carbocycles. The van der Waals surface area contributed by atoms with E-state index in [1.807, 2.05) is 54.6 Å². The normalized spacial score (nSPS) is 20.3. The number of hydrogen-bond acceptors (Lipinski definition) is 3. The van der Waals surface area contributed by atoms with E-state index in [2.05, 4.69) is 10.3 Å². The summed E-state index contributed by atoms with van der Waals surface area (Å²) in [6, 6.07) is 17.5. The molecule has 120 valence electrons. The number of pyridine rings is 1. The molecule has 2 aromatic heterocycles. The Bertz CT molecular complexity index is 761. The standard InChI is InChI=1S/C20H18N2O2/c23-20(17-13-16(17)18-7-4-12-24-18)22-19(14-5-2-1-3-6-14)15-8-10-21-11-9-15/h1-12,16-17,19H,13H2,(H,22,23)/t16-,17+,19-/m1/s1. The van der Waals surface area contributed by atoms with Crippen LogP contribution in [-0.4, -0.2) is 10.9 Å². The summed E-state index contributed by atoms with van der Waals surface area (Å²) >= 11 is 0. The molecule has 0 bridgehead atoms. The Hall–Kier alpha value is -2.88. The van der Waals surface area contributed by atoms with Gasteiger partial charge in [-0.3, -0.25) is 9.78 Å². The first kappa shape index (κ1) is 14.7. The Kier molecular flexibility index (Phi) is 3.87. The van der Waals surface area contributed by atoms with Crippen LogP contribution in [0.15, 0.2) is 77.7 Å². The third-order valence-electron chi connectivity index (χ3n) is 4.49. The summed E-state index contributed by atoms with van der Waals surface area (Å²) in [6.45, 7) is 0. The van der Waals surface area contributed by atoms with Crippen molar-refractivity contribution in [3.8, 4) is 0 Å². The first-order chi connectivity index (χ1) is 11.8. The molecule has 1 aliphatic carbocycles. The number of carbonyl (C=O) groups is 1. The fourth-order valence-corrected chi connectivity index (χ4v) is 3.11. The summed E-state index contributed by atoms with van der Waals surface area (Å²) in [5.41, 5.74) is 2.09. The van der Waals surface area contributed by atoms with Gasteiger partial charge < -0.3 is 9.73 Å². The molecule has 1 aromatic carbocycles. The van der Waals surface area contributed by atoms with Crippen LogP contribution in [0.3, 0.4) is 0 Å². The van der Waals surface area contributed by atoms with E-state index < -0.39 is 0 Å². The summed E-state index contributed by atoms with van der Waals surface area (Å²) in [4.78, 5) is 16.8. The molecule has 0 saturated heterocycles. The smallest absolute Gasteiger partial charge is 0.224 e. The van der Waals surface area contributed by atoms with E-state index >= 15 is 0 Å². The van der Waals surface area contributed by atoms with Crippen molar-refractivity contribution in [2.45, 2.75) is 18.4 Å². The lowest BCUT2D eigenvalue weighted by atomic mass is 9.99. The zero-order valence-corrected chi connectivity index (χ0v) is 13.1. The quantitative estimate of drug-likeness (QED) is 0.780. The van der Waals surface area contributed by atoms with Crippen LogP contribution in [0.4, 0.5) is 0 Å². The molecule has 24 heavy (non-hydrogen) atoms. The lowest BCUT2D eigenvalue weighted by Crippen LogP contribution is -2.30. The van der Waals surface area contributed by atoms with Crippen LogP contribution in [0.2, 0.25) is 0 Å². The third-order valence-corrected chi connectivity index (χ3v) is 4.49. The lowest BCUT2D eigenvalue weighted by molar-refractivity contribution is -0.123. The van der Waals surface area contributed by atoms with Gasteiger partial charge in [-0.15, -0.1) is 0 Å². The number of nitrogens with one attached hydrogen (secondary N) is 1. The largest absolute Gasteiger partial charge is 0.469 e. The molecule has 2 heterocycles. The van der Waals surface area contributed by atoms with E-state index in [0.717, 1.165) is 23.3 Å². The molecule has 0 radical (unpaired) electrons. The first-order valence-corrected chi connectivity index (χ1v) is 8.11. The maximum absolute atomic E-state index is 12.7. The fourth-order valence-electron chi connectivity index (χ4n) is 3.11. The van der Waals surface area contributed by atoms with E-state index in [-0.39, 0.29) is 23.8 Å². The Labute approximate surface area is 140 Å². The molecule has 4 nitrogen and oxygen atoms in total. The average molecular weight is 318 g/mol. The SMILES string of the molecule is O=C(N[C@H](c1ccccc1)c1ccncc1)[C@H]1C[C@H]1c1ccco1. The predicted octanol–water partition coefficient (Wildman–Crippen LogP) is 3.68. The molecule has 4 rings (SSSR count). The molecule has 0 aliphatic heterocycles. The first-order valence-electron chi connectivity index (χ1n) is 8.11. The molecule has 3 atom stereocenters. The van der Waals surface area contributed by atoms with Gasteiger partial charge in [0, 0.05) is 24.2 Å². The van der Waals surface area contributed by atoms with Crippen LogP contribution in [-0.2, 0) is 4.79 Å². The molecular formula is C20H18N2O2. The predicted molar refractivity (Wildman–Crippen MR) is 90.2 cm³/mol. The number of rotatable bonds is 5. The van der Waals surface area contributed by atoms with Crippen molar-refractivity contribution in [3.05, 3.63) is 90.1 Å². The zero-order valence-electron chi connectivity index (χ0n) is 13.1. The number of carbonyl (C=O) groups excluding carboxylic acids is 1. The molecule has 4 heteroatoms. The second-order valence-electron chi connectivity index (χ2n) is 6.10. The van der Waals surface area contributed by atoms with Gasteiger partial charge in [-0.1, -0.05) is 30.3 Å². The van der Waals surface area contributed by atoms with Gasteiger partial charge in [-0.25, -0.2) is 0 Å². The van der Waals surface area contributed by atoms with Gasteiger partial charge in [0.2, 0.25) is 5.91 Å². The van der Waals surface area contributed by atoms with E-state index in [1.54, 1.807) is 18.7 Å². The summed E-state index contributed by atoms with van der Waals surface area (Å²) in [5.74, 6) is 1.16. The van der Waals surface area contributed by atoms with Crippen LogP contribution in [0.25, 0.3) is 0 Å². The zero-order chi connectivity index (χ0) is 16.4. The minimum atomic E-state index is -0.167. The highest BCUT2D eigenvalue weighted by Gasteiger charge is 2.46. The van der Waals surface area contributed by atoms with Gasteiger partial charge in [0.25, 0.3) is 0 Å². The van der Waals surface area contributed by atoms with E-state index in [4.69, 9.17) is 4.42 Å². The number of amides is 1. The lowest BCUT2D eigenvalue weighted by Gasteiger charge is -2.19. The molecule has 1 N–H and O–H groups in total. The van der Waals surface area contributed by atoms with Crippen molar-refractivity contribution in [3.63, 3.8) is 0 Å². The summed E-state index contributed by atoms with van der Waals surface area (Å²) in [6.07, 6.45) is 6.00. The van der Waals surface area contributed by atoms with Crippen molar-refractivity contribution in [1.82, 2.24) is 10.3 Å². The highest BCUT2D eigenvalue weighted by Crippen LogP contribution is 2.48. The molecule has 1 amide bonds. The monoisotopic (exact) mass is 318 g/mol. The number of benzene rings is 1. The van der Waals surface area contributed by atoms with Crippen LogP contribution in [0.1, 0.15) is 35.3 Å². The number of furan rings is 1. The summed E-state index contributed by atoms with van der Waals surface area (Å²) in [5, 5.41) is 3.20. The van der Waals surface area contributed by atoms with Gasteiger partial charge in [-0.05, 0) is 41.8 Å². The third kappa shape index (κ3) is 2.95. The Morgan fingerprint density at radius 1 is 1.04 bits per heavy atom. The number of hydrogen-bond donors (Lipinski definition) is 1. The maximum atomic E-state index is 12.7. The summed E-state index contributed by atoms with van der Waals surface area (Å²) in [7, 11) is 0. The van der Waals surface area contributed by atoms with Crippen molar-refractivity contribution in [1.29, 1.82) is 0 Å². The Morgan fingerprint density at radius 2 is 1.79 bits per heavy atom. The van der Waals surface area contributed by atoms with Gasteiger partial charge in [-0.2, -0.15) is 0 Å². The molecule has 1 fully saturated rings. The Balaban J connectivity index is 1.54. The molecule has 0 spiro atoms. The molecule has 1 aliphatic rings. The number of nitrogens with zero attached hydrogens (tertiary/aromatic N) is 1. The minimum absolute atomic E-state index is 0.0100. The van der Waals surface area contributed by atoms with E-state index in [9.17, 15) is 4.79 Å². The van der Waals surface area contributed by atoms with Gasteiger partial charge in [0.15, 0.2) is 0 Å². The van der Waals surface area contributed by atoms with Gasteiger partial charge >= 0.3 is 0 Å². The Morgan fingerprint density at radius 3 is 2.50 bits per heavy atom. The van der Waals surface area contributed by atoms with Crippen molar-refractivity contribution in [2.24, 2.45) is 5.92 Å². The fraction of sp³-hybridized carbons (Fsp3) is 0.200. The van der Waals surface area contributed by atoms with Crippen LogP contribution in [0, 0.1) is 5.92 Å². The molecule has 3 aromatic rings. The minimum Gasteiger partial charge on any atom is -0.469 e. The van der Waals surface area contributed by atoms with Crippen molar-refractivity contribution >= 4 is 5.91 Å². The van der Waals surface area contributed by atoms with E-state index in [1.165, 1.54) is 0 Å². The van der Waals surface area contributed by atoms with Crippen molar-refractivity contribution in [2.75, 3.05) is 0 Å². The second-order valence-corrected chi connectivity index (χ2v) is 6.10. The van der Waals surface area contributed by atoms with Gasteiger partial charge in [0.1, 0.15) is 5.76 Å². The number of aromatic nitrogens is 1. The topological polar surface area (TPSA) is 55.1 Å². The second kappa shape index (κ2) is 6.32. The average Bonchev–Trinajstić information content (AvgIpc) is 3.26. The van der Waals surface area contributed by atoms with Crippen LogP contribution < -0.4 is 5.32 Å². The van der Waals surface area contributed by atoms with Crippen molar-refractivity contribution < 1.29 is 9.21 Å². The summed E-state index contributed by atoms with van der Waals surface area (Å²) < 4.78 is 5.42. The highest BCUT2D eigenvalue weighted by atomic mass is 16.3. The molecular weight excluding hydrogens is 300 g/mol. The van der Waals surface area contributed by atoms with Crippen LogP contribution in [0.5, 0.6) is 0 Å². The highest BCUT2D eigenvalue weighted by molar-refractivity contribution is 5.83. The van der Waals surface area contributed by atoms with Crippen LogP contribution >= 0.6 is 0 Å². The van der Waals surface area contributed by atoms with Gasteiger partial charge in [0.05, 0.1) is 12.3 Å².